The Kier molecular flexibility index (Phi) is 3.88. The number of aromatic nitrogens is 1. The molecule has 1 aliphatic rings. The van der Waals surface area contributed by atoms with Crippen molar-refractivity contribution in [2.24, 2.45) is 0 Å². The van der Waals surface area contributed by atoms with Crippen LogP contribution in [0.5, 0.6) is 0 Å². The molecule has 2 heterocycles. The number of anilines is 1. The molecule has 1 saturated heterocycles. The van der Waals surface area contributed by atoms with E-state index in [1.807, 2.05) is 4.90 Å². The van der Waals surface area contributed by atoms with E-state index in [9.17, 15) is 5.11 Å². The normalized spacial score (nSPS) is 17.3. The topological polar surface area (TPSA) is 76.8 Å². The molecular weight excluding hydrogens is 242 g/mol. The fourth-order valence-corrected chi connectivity index (χ4v) is 2.14. The summed E-state index contributed by atoms with van der Waals surface area (Å²) in [5.74, 6) is 0. The second-order valence-corrected chi connectivity index (χ2v) is 4.53. The van der Waals surface area contributed by atoms with Gasteiger partial charge in [-0.1, -0.05) is 11.6 Å². The highest BCUT2D eigenvalue weighted by Crippen LogP contribution is 2.25. The molecule has 0 saturated carbocycles. The summed E-state index contributed by atoms with van der Waals surface area (Å²) in [5.41, 5.74) is 1.000. The van der Waals surface area contributed by atoms with Crippen LogP contribution in [0.3, 0.4) is 0 Å². The third-order valence-electron chi connectivity index (χ3n) is 2.95. The number of aliphatic hydroxyl groups is 1. The Labute approximate surface area is 105 Å². The zero-order valence-electron chi connectivity index (χ0n) is 9.25. The van der Waals surface area contributed by atoms with Crippen LogP contribution in [0.2, 0.25) is 5.15 Å². The van der Waals surface area contributed by atoms with Gasteiger partial charge in [-0.2, -0.15) is 0 Å². The molecule has 1 aromatic rings. The molecule has 7 heteroatoms. The van der Waals surface area contributed by atoms with Gasteiger partial charge in [-0.15, -0.1) is 0 Å². The molecule has 17 heavy (non-hydrogen) atoms. The van der Waals surface area contributed by atoms with Crippen molar-refractivity contribution in [3.63, 3.8) is 0 Å². The lowest BCUT2D eigenvalue weighted by Gasteiger charge is -2.31. The van der Waals surface area contributed by atoms with Crippen LogP contribution in [0.25, 0.3) is 0 Å². The molecule has 0 bridgehead atoms. The first-order valence-electron chi connectivity index (χ1n) is 5.52. The number of aliphatic hydroxyl groups excluding tert-OH is 1. The van der Waals surface area contributed by atoms with Gasteiger partial charge in [0.25, 0.3) is 0 Å². The zero-order valence-corrected chi connectivity index (χ0v) is 10.0. The molecule has 0 radical (unpaired) electrons. The average molecular weight is 256 g/mol. The molecule has 1 fully saturated rings. The van der Waals surface area contributed by atoms with Crippen LogP contribution >= 0.6 is 11.6 Å². The van der Waals surface area contributed by atoms with Crippen LogP contribution in [0.4, 0.5) is 5.69 Å². The van der Waals surface area contributed by atoms with Gasteiger partial charge in [-0.3, -0.25) is 0 Å². The van der Waals surface area contributed by atoms with Gasteiger partial charge < -0.3 is 20.1 Å². The van der Waals surface area contributed by atoms with Crippen molar-refractivity contribution >= 4 is 29.9 Å². The standard InChI is InChI=1S/C10H14BClN2O3/c12-10-9(5-7(6-13-10)11(16)17)14-3-1-8(15)2-4-14/h5-6,8,15-17H,1-4H2. The van der Waals surface area contributed by atoms with Gasteiger partial charge in [0, 0.05) is 24.7 Å². The summed E-state index contributed by atoms with van der Waals surface area (Å²) < 4.78 is 0. The minimum absolute atomic E-state index is 0.260. The zero-order chi connectivity index (χ0) is 12.4. The van der Waals surface area contributed by atoms with Crippen molar-refractivity contribution in [3.05, 3.63) is 17.4 Å². The van der Waals surface area contributed by atoms with Gasteiger partial charge in [-0.25, -0.2) is 4.98 Å². The highest BCUT2D eigenvalue weighted by Gasteiger charge is 2.21. The Balaban J connectivity index is 2.22. The van der Waals surface area contributed by atoms with E-state index in [-0.39, 0.29) is 6.10 Å². The molecule has 1 aliphatic heterocycles. The van der Waals surface area contributed by atoms with E-state index in [1.165, 1.54) is 6.20 Å². The summed E-state index contributed by atoms with van der Waals surface area (Å²) >= 11 is 5.99. The summed E-state index contributed by atoms with van der Waals surface area (Å²) in [7, 11) is -1.55. The molecule has 1 aromatic heterocycles. The van der Waals surface area contributed by atoms with Gasteiger partial charge in [0.2, 0.25) is 0 Å². The van der Waals surface area contributed by atoms with Gasteiger partial charge in [0.1, 0.15) is 0 Å². The lowest BCUT2D eigenvalue weighted by atomic mass is 9.81. The van der Waals surface area contributed by atoms with Crippen molar-refractivity contribution < 1.29 is 15.2 Å². The Morgan fingerprint density at radius 1 is 1.35 bits per heavy atom. The fraction of sp³-hybridized carbons (Fsp3) is 0.500. The minimum atomic E-state index is -1.55. The molecule has 92 valence electrons. The Hall–Kier alpha value is -0.815. The summed E-state index contributed by atoms with van der Waals surface area (Å²) in [6.07, 6.45) is 2.45. The second-order valence-electron chi connectivity index (χ2n) is 4.17. The quantitative estimate of drug-likeness (QED) is 0.485. The molecule has 0 amide bonds. The molecule has 3 N–H and O–H groups in total. The first-order valence-corrected chi connectivity index (χ1v) is 5.90. The average Bonchev–Trinajstić information content (AvgIpc) is 2.31. The molecule has 0 atom stereocenters. The largest absolute Gasteiger partial charge is 0.490 e. The molecule has 0 spiro atoms. The van der Waals surface area contributed by atoms with Crippen molar-refractivity contribution in [3.8, 4) is 0 Å². The lowest BCUT2D eigenvalue weighted by molar-refractivity contribution is 0.145. The van der Waals surface area contributed by atoms with Crippen LogP contribution in [-0.4, -0.2) is 46.5 Å². The monoisotopic (exact) mass is 256 g/mol. The summed E-state index contributed by atoms with van der Waals surface area (Å²) in [6, 6.07) is 1.62. The predicted octanol–water partition coefficient (Wildman–Crippen LogP) is -0.624. The minimum Gasteiger partial charge on any atom is -0.423 e. The number of rotatable bonds is 2. The number of halogens is 1. The van der Waals surface area contributed by atoms with Crippen LogP contribution in [0, 0.1) is 0 Å². The third kappa shape index (κ3) is 2.90. The van der Waals surface area contributed by atoms with E-state index in [0.717, 1.165) is 0 Å². The number of hydrogen-bond acceptors (Lipinski definition) is 5. The maximum atomic E-state index is 9.43. The van der Waals surface area contributed by atoms with Crippen molar-refractivity contribution in [2.45, 2.75) is 18.9 Å². The lowest BCUT2D eigenvalue weighted by Crippen LogP contribution is -2.38. The third-order valence-corrected chi connectivity index (χ3v) is 3.24. The molecular formula is C10H14BClN2O3. The maximum Gasteiger partial charge on any atom is 0.490 e. The summed E-state index contributed by atoms with van der Waals surface area (Å²) in [6.45, 7) is 1.38. The summed E-state index contributed by atoms with van der Waals surface area (Å²) in [4.78, 5) is 5.93. The van der Waals surface area contributed by atoms with Crippen LogP contribution in [0.15, 0.2) is 12.3 Å². The molecule has 0 aliphatic carbocycles. The van der Waals surface area contributed by atoms with Gasteiger partial charge in [0.15, 0.2) is 5.15 Å². The fourth-order valence-electron chi connectivity index (χ4n) is 1.92. The predicted molar refractivity (Wildman–Crippen MR) is 66.5 cm³/mol. The van der Waals surface area contributed by atoms with E-state index in [4.69, 9.17) is 21.6 Å². The molecule has 0 unspecified atom stereocenters. The molecule has 5 nitrogen and oxygen atoms in total. The van der Waals surface area contributed by atoms with E-state index < -0.39 is 7.12 Å². The number of pyridine rings is 1. The Morgan fingerprint density at radius 3 is 2.59 bits per heavy atom. The second kappa shape index (κ2) is 5.22. The van der Waals surface area contributed by atoms with Crippen LogP contribution < -0.4 is 10.4 Å². The van der Waals surface area contributed by atoms with Gasteiger partial charge >= 0.3 is 7.12 Å². The Morgan fingerprint density at radius 2 is 2.00 bits per heavy atom. The first-order chi connectivity index (χ1) is 8.08. The Bertz CT molecular complexity index is 397. The highest BCUT2D eigenvalue weighted by atomic mass is 35.5. The van der Waals surface area contributed by atoms with Crippen LogP contribution in [-0.2, 0) is 0 Å². The van der Waals surface area contributed by atoms with Crippen molar-refractivity contribution in [2.75, 3.05) is 18.0 Å². The maximum absolute atomic E-state index is 9.43. The summed E-state index contributed by atoms with van der Waals surface area (Å²) in [5, 5.41) is 28.0. The van der Waals surface area contributed by atoms with Crippen molar-refractivity contribution in [1.29, 1.82) is 0 Å². The van der Waals surface area contributed by atoms with E-state index in [0.29, 0.717) is 42.2 Å². The van der Waals surface area contributed by atoms with Crippen LogP contribution in [0.1, 0.15) is 12.8 Å². The molecule has 0 aromatic carbocycles. The van der Waals surface area contributed by atoms with Crippen molar-refractivity contribution in [1.82, 2.24) is 4.98 Å². The highest BCUT2D eigenvalue weighted by molar-refractivity contribution is 6.58. The SMILES string of the molecule is OB(O)c1cnc(Cl)c(N2CCC(O)CC2)c1. The number of piperidine rings is 1. The van der Waals surface area contributed by atoms with Gasteiger partial charge in [-0.05, 0) is 18.9 Å². The smallest absolute Gasteiger partial charge is 0.423 e. The van der Waals surface area contributed by atoms with E-state index >= 15 is 0 Å². The van der Waals surface area contributed by atoms with Gasteiger partial charge in [0.05, 0.1) is 11.8 Å². The van der Waals surface area contributed by atoms with E-state index in [2.05, 4.69) is 4.98 Å². The molecule has 2 rings (SSSR count). The number of hydrogen-bond donors (Lipinski definition) is 3. The first kappa shape index (κ1) is 12.6. The van der Waals surface area contributed by atoms with E-state index in [1.54, 1.807) is 6.07 Å². The number of nitrogens with zero attached hydrogens (tertiary/aromatic N) is 2.